The molecule has 1 N–H and O–H groups in total. The van der Waals surface area contributed by atoms with E-state index in [1.165, 1.54) is 7.11 Å². The predicted molar refractivity (Wildman–Crippen MR) is 78.2 cm³/mol. The molecule has 6 heteroatoms. The van der Waals surface area contributed by atoms with Gasteiger partial charge >= 0.3 is 5.97 Å². The molecule has 1 amide bonds. The van der Waals surface area contributed by atoms with Gasteiger partial charge in [-0.2, -0.15) is 0 Å². The first kappa shape index (κ1) is 15.1. The van der Waals surface area contributed by atoms with Crippen LogP contribution in [0, 0.1) is 17.8 Å². The molecule has 2 fully saturated rings. The third-order valence-corrected chi connectivity index (χ3v) is 5.02. The fraction of sp³-hybridized carbons (Fsp3) is 0.688. The molecule has 4 atom stereocenters. The Hall–Kier alpha value is -1.85. The summed E-state index contributed by atoms with van der Waals surface area (Å²) in [5.74, 6) is 0.814. The van der Waals surface area contributed by atoms with Crippen LogP contribution >= 0.6 is 0 Å². The van der Waals surface area contributed by atoms with Crippen molar-refractivity contribution in [3.63, 3.8) is 0 Å². The summed E-state index contributed by atoms with van der Waals surface area (Å²) in [5.41, 5.74) is 0.273. The molecule has 0 saturated heterocycles. The lowest BCUT2D eigenvalue weighted by Crippen LogP contribution is -2.47. The summed E-state index contributed by atoms with van der Waals surface area (Å²) in [6, 6.07) is 1.51. The van der Waals surface area contributed by atoms with Crippen molar-refractivity contribution in [2.45, 2.75) is 45.1 Å². The van der Waals surface area contributed by atoms with Crippen molar-refractivity contribution >= 4 is 11.9 Å². The van der Waals surface area contributed by atoms with Crippen LogP contribution < -0.4 is 5.32 Å². The van der Waals surface area contributed by atoms with Gasteiger partial charge in [-0.05, 0) is 31.1 Å². The van der Waals surface area contributed by atoms with Gasteiger partial charge in [0.2, 0.25) is 0 Å². The molecule has 1 aromatic rings. The standard InChI is InChI=1S/C16H22N2O4/c1-8(2)12-7-11(18-22-12)15(19)17-14-10-5-4-9(6-10)13(14)16(20)21-3/h7-10,13-14H,4-6H2,1-3H3,(H,17,19)/t9-,10-,13-,14-/m0/s1. The maximum Gasteiger partial charge on any atom is 0.311 e. The van der Waals surface area contributed by atoms with Gasteiger partial charge in [-0.3, -0.25) is 9.59 Å². The fourth-order valence-corrected chi connectivity index (χ4v) is 3.87. The van der Waals surface area contributed by atoms with E-state index < -0.39 is 0 Å². The summed E-state index contributed by atoms with van der Waals surface area (Å²) < 4.78 is 10.1. The van der Waals surface area contributed by atoms with Gasteiger partial charge in [-0.15, -0.1) is 0 Å². The maximum absolute atomic E-state index is 12.4. The van der Waals surface area contributed by atoms with Crippen LogP contribution in [0.15, 0.2) is 10.6 Å². The molecule has 0 unspecified atom stereocenters. The highest BCUT2D eigenvalue weighted by Crippen LogP contribution is 2.49. The summed E-state index contributed by atoms with van der Waals surface area (Å²) in [6.45, 7) is 3.96. The fourth-order valence-electron chi connectivity index (χ4n) is 3.87. The van der Waals surface area contributed by atoms with Gasteiger partial charge in [0.15, 0.2) is 5.69 Å². The van der Waals surface area contributed by atoms with Gasteiger partial charge in [-0.1, -0.05) is 19.0 Å². The quantitative estimate of drug-likeness (QED) is 0.862. The summed E-state index contributed by atoms with van der Waals surface area (Å²) in [4.78, 5) is 24.4. The van der Waals surface area contributed by atoms with E-state index in [0.29, 0.717) is 17.6 Å². The number of carbonyl (C=O) groups is 2. The Morgan fingerprint density at radius 1 is 1.36 bits per heavy atom. The zero-order valence-electron chi connectivity index (χ0n) is 13.2. The zero-order valence-corrected chi connectivity index (χ0v) is 13.2. The summed E-state index contributed by atoms with van der Waals surface area (Å²) >= 11 is 0. The lowest BCUT2D eigenvalue weighted by molar-refractivity contribution is -0.148. The Morgan fingerprint density at radius 3 is 2.73 bits per heavy atom. The van der Waals surface area contributed by atoms with Crippen molar-refractivity contribution in [2.75, 3.05) is 7.11 Å². The van der Waals surface area contributed by atoms with E-state index in [2.05, 4.69) is 10.5 Å². The molecule has 0 spiro atoms. The highest BCUT2D eigenvalue weighted by Gasteiger charge is 2.52. The second kappa shape index (κ2) is 5.74. The van der Waals surface area contributed by atoms with Gasteiger partial charge in [0.25, 0.3) is 5.91 Å². The van der Waals surface area contributed by atoms with Gasteiger partial charge in [0.1, 0.15) is 5.76 Å². The van der Waals surface area contributed by atoms with E-state index in [4.69, 9.17) is 9.26 Å². The first-order valence-corrected chi connectivity index (χ1v) is 7.86. The number of nitrogens with one attached hydrogen (secondary N) is 1. The number of nitrogens with zero attached hydrogens (tertiary/aromatic N) is 1. The van der Waals surface area contributed by atoms with Crippen molar-refractivity contribution in [3.05, 3.63) is 17.5 Å². The van der Waals surface area contributed by atoms with Crippen molar-refractivity contribution < 1.29 is 18.8 Å². The number of carbonyl (C=O) groups excluding carboxylic acids is 2. The molecule has 2 aliphatic carbocycles. The molecule has 1 heterocycles. The van der Waals surface area contributed by atoms with Gasteiger partial charge in [0.05, 0.1) is 13.0 Å². The van der Waals surface area contributed by atoms with Gasteiger partial charge in [-0.25, -0.2) is 0 Å². The van der Waals surface area contributed by atoms with E-state index in [-0.39, 0.29) is 35.4 Å². The number of rotatable bonds is 4. The monoisotopic (exact) mass is 306 g/mol. The van der Waals surface area contributed by atoms with E-state index in [9.17, 15) is 9.59 Å². The van der Waals surface area contributed by atoms with Crippen molar-refractivity contribution in [1.82, 2.24) is 10.5 Å². The molecule has 22 heavy (non-hydrogen) atoms. The average Bonchev–Trinajstić information content (AvgIpc) is 3.21. The molecule has 2 aliphatic rings. The minimum absolute atomic E-state index is 0.155. The van der Waals surface area contributed by atoms with Crippen molar-refractivity contribution in [3.8, 4) is 0 Å². The van der Waals surface area contributed by atoms with E-state index >= 15 is 0 Å². The molecule has 0 aromatic carbocycles. The number of esters is 1. The number of hydrogen-bond acceptors (Lipinski definition) is 5. The Labute approximate surface area is 129 Å². The molecule has 3 rings (SSSR count). The second-order valence-electron chi connectivity index (χ2n) is 6.65. The van der Waals surface area contributed by atoms with Crippen molar-refractivity contribution in [1.29, 1.82) is 0 Å². The third kappa shape index (κ3) is 2.51. The van der Waals surface area contributed by atoms with Gasteiger partial charge in [0, 0.05) is 18.0 Å². The lowest BCUT2D eigenvalue weighted by Gasteiger charge is -2.29. The number of methoxy groups -OCH3 is 1. The maximum atomic E-state index is 12.4. The SMILES string of the molecule is COC(=O)[C@H]1[C@H]2CC[C@@H](C2)[C@@H]1NC(=O)c1cc(C(C)C)on1. The molecule has 0 radical (unpaired) electrons. The van der Waals surface area contributed by atoms with Crippen LogP contribution in [-0.2, 0) is 9.53 Å². The molecular weight excluding hydrogens is 284 g/mol. The summed E-state index contributed by atoms with van der Waals surface area (Å²) in [7, 11) is 1.40. The highest BCUT2D eigenvalue weighted by molar-refractivity contribution is 5.93. The van der Waals surface area contributed by atoms with Crippen LogP contribution in [0.2, 0.25) is 0 Å². The normalized spacial score (nSPS) is 29.8. The van der Waals surface area contributed by atoms with Crippen molar-refractivity contribution in [2.24, 2.45) is 17.8 Å². The first-order chi connectivity index (χ1) is 10.5. The number of fused-ring (bicyclic) bond motifs is 2. The minimum Gasteiger partial charge on any atom is -0.469 e. The molecule has 6 nitrogen and oxygen atoms in total. The highest BCUT2D eigenvalue weighted by atomic mass is 16.5. The number of hydrogen-bond donors (Lipinski definition) is 1. The third-order valence-electron chi connectivity index (χ3n) is 5.02. The number of ether oxygens (including phenoxy) is 1. The minimum atomic E-state index is -0.276. The summed E-state index contributed by atoms with van der Waals surface area (Å²) in [6.07, 6.45) is 3.08. The molecular formula is C16H22N2O4. The van der Waals surface area contributed by atoms with Crippen LogP contribution in [0.5, 0.6) is 0 Å². The number of amides is 1. The molecule has 2 bridgehead atoms. The number of aromatic nitrogens is 1. The summed E-state index contributed by atoms with van der Waals surface area (Å²) in [5, 5.41) is 6.81. The van der Waals surface area contributed by atoms with Crippen LogP contribution in [0.25, 0.3) is 0 Å². The zero-order chi connectivity index (χ0) is 15.9. The molecule has 120 valence electrons. The van der Waals surface area contributed by atoms with E-state index in [1.54, 1.807) is 6.07 Å². The van der Waals surface area contributed by atoms with Crippen LogP contribution in [0.1, 0.15) is 55.3 Å². The smallest absolute Gasteiger partial charge is 0.311 e. The van der Waals surface area contributed by atoms with E-state index in [1.807, 2.05) is 13.8 Å². The topological polar surface area (TPSA) is 81.4 Å². The molecule has 0 aliphatic heterocycles. The lowest BCUT2D eigenvalue weighted by atomic mass is 9.84. The Kier molecular flexibility index (Phi) is 3.93. The Balaban J connectivity index is 1.73. The van der Waals surface area contributed by atoms with Crippen LogP contribution in [0.4, 0.5) is 0 Å². The predicted octanol–water partition coefficient (Wildman–Crippen LogP) is 2.12. The van der Waals surface area contributed by atoms with Crippen LogP contribution in [0.3, 0.4) is 0 Å². The van der Waals surface area contributed by atoms with Crippen LogP contribution in [-0.4, -0.2) is 30.2 Å². The van der Waals surface area contributed by atoms with E-state index in [0.717, 1.165) is 19.3 Å². The average molecular weight is 306 g/mol. The second-order valence-corrected chi connectivity index (χ2v) is 6.65. The van der Waals surface area contributed by atoms with Gasteiger partial charge < -0.3 is 14.6 Å². The molecule has 1 aromatic heterocycles. The Bertz CT molecular complexity index is 580. The molecule has 2 saturated carbocycles. The Morgan fingerprint density at radius 2 is 2.09 bits per heavy atom. The largest absolute Gasteiger partial charge is 0.469 e. The first-order valence-electron chi connectivity index (χ1n) is 7.86.